The number of nitrogens with one attached hydrogen (secondary N) is 1. The Balaban J connectivity index is 2.12. The maximum Gasteiger partial charge on any atom is 0.280 e. The number of hydrogen-bond acceptors (Lipinski definition) is 6. The van der Waals surface area contributed by atoms with E-state index in [0.29, 0.717) is 23.0 Å². The van der Waals surface area contributed by atoms with Crippen LogP contribution in [0.3, 0.4) is 0 Å². The Morgan fingerprint density at radius 2 is 1.96 bits per heavy atom. The summed E-state index contributed by atoms with van der Waals surface area (Å²) < 4.78 is 3.67. The number of thioether (sulfide) groups is 1. The quantitative estimate of drug-likeness (QED) is 0.650. The van der Waals surface area contributed by atoms with Crippen molar-refractivity contribution in [2.75, 3.05) is 31.1 Å². The van der Waals surface area contributed by atoms with E-state index >= 15 is 0 Å². The van der Waals surface area contributed by atoms with Gasteiger partial charge in [0.1, 0.15) is 0 Å². The van der Waals surface area contributed by atoms with E-state index in [1.807, 2.05) is 11.5 Å². The molecule has 1 saturated heterocycles. The van der Waals surface area contributed by atoms with Crippen LogP contribution in [0.2, 0.25) is 0 Å². The standard InChI is InChI=1S/C16H26N6OS/c1-5-11(3)24-16-19-13-12(14(23)20(16)4)22(6-2)15(18-13)21-9-7-17-8-10-21/h11,17H,5-10H2,1-4H3. The number of hydrogen-bond donors (Lipinski definition) is 1. The number of piperazine rings is 1. The molecule has 3 rings (SSSR count). The van der Waals surface area contributed by atoms with Crippen molar-refractivity contribution in [3.8, 4) is 0 Å². The second kappa shape index (κ2) is 7.14. The van der Waals surface area contributed by atoms with Crippen molar-refractivity contribution in [3.05, 3.63) is 10.4 Å². The molecule has 0 aliphatic carbocycles. The van der Waals surface area contributed by atoms with Crippen molar-refractivity contribution in [1.29, 1.82) is 0 Å². The molecule has 132 valence electrons. The lowest BCUT2D eigenvalue weighted by atomic mass is 10.4. The lowest BCUT2D eigenvalue weighted by Crippen LogP contribution is -2.44. The summed E-state index contributed by atoms with van der Waals surface area (Å²) in [7, 11) is 1.80. The van der Waals surface area contributed by atoms with Crippen LogP contribution in [0.4, 0.5) is 5.95 Å². The Bertz CT molecular complexity index is 777. The summed E-state index contributed by atoms with van der Waals surface area (Å²) in [5.74, 6) is 0.865. The Morgan fingerprint density at radius 3 is 2.58 bits per heavy atom. The number of fused-ring (bicyclic) bond motifs is 1. The molecule has 2 aromatic heterocycles. The Morgan fingerprint density at radius 1 is 1.25 bits per heavy atom. The van der Waals surface area contributed by atoms with Gasteiger partial charge in [-0.2, -0.15) is 4.98 Å². The fourth-order valence-electron chi connectivity index (χ4n) is 2.90. The van der Waals surface area contributed by atoms with Crippen LogP contribution in [-0.2, 0) is 13.6 Å². The molecule has 3 heterocycles. The highest BCUT2D eigenvalue weighted by molar-refractivity contribution is 7.99. The van der Waals surface area contributed by atoms with Gasteiger partial charge in [-0.25, -0.2) is 4.98 Å². The molecule has 0 saturated carbocycles. The van der Waals surface area contributed by atoms with Crippen LogP contribution in [0.5, 0.6) is 0 Å². The topological polar surface area (TPSA) is 68.0 Å². The molecule has 1 N–H and O–H groups in total. The largest absolute Gasteiger partial charge is 0.340 e. The van der Waals surface area contributed by atoms with E-state index in [2.05, 4.69) is 24.1 Å². The summed E-state index contributed by atoms with van der Waals surface area (Å²) in [5.41, 5.74) is 1.17. The first kappa shape index (κ1) is 17.3. The lowest BCUT2D eigenvalue weighted by molar-refractivity contribution is 0.569. The van der Waals surface area contributed by atoms with Gasteiger partial charge >= 0.3 is 0 Å². The molecular weight excluding hydrogens is 324 g/mol. The molecule has 1 fully saturated rings. The summed E-state index contributed by atoms with van der Waals surface area (Å²) in [5, 5.41) is 4.51. The van der Waals surface area contributed by atoms with Crippen molar-refractivity contribution in [3.63, 3.8) is 0 Å². The molecule has 1 aliphatic heterocycles. The molecule has 24 heavy (non-hydrogen) atoms. The van der Waals surface area contributed by atoms with Crippen LogP contribution in [0.25, 0.3) is 11.2 Å². The smallest absolute Gasteiger partial charge is 0.280 e. The molecule has 0 spiro atoms. The van der Waals surface area contributed by atoms with Gasteiger partial charge in [0.2, 0.25) is 5.95 Å². The van der Waals surface area contributed by atoms with Crippen LogP contribution in [0.1, 0.15) is 27.2 Å². The molecule has 2 aromatic rings. The van der Waals surface area contributed by atoms with Gasteiger partial charge in [0, 0.05) is 45.0 Å². The predicted octanol–water partition coefficient (Wildman–Crippen LogP) is 1.45. The van der Waals surface area contributed by atoms with Gasteiger partial charge in [-0.05, 0) is 13.3 Å². The fourth-order valence-corrected chi connectivity index (χ4v) is 3.81. The van der Waals surface area contributed by atoms with Crippen molar-refractivity contribution in [2.24, 2.45) is 7.05 Å². The van der Waals surface area contributed by atoms with Crippen LogP contribution < -0.4 is 15.8 Å². The number of nitrogens with zero attached hydrogens (tertiary/aromatic N) is 5. The molecular formula is C16H26N6OS. The highest BCUT2D eigenvalue weighted by atomic mass is 32.2. The molecule has 0 bridgehead atoms. The number of imidazole rings is 1. The van der Waals surface area contributed by atoms with E-state index in [1.165, 1.54) is 0 Å². The Kier molecular flexibility index (Phi) is 5.15. The van der Waals surface area contributed by atoms with Gasteiger partial charge in [0.05, 0.1) is 0 Å². The van der Waals surface area contributed by atoms with E-state index in [9.17, 15) is 4.79 Å². The third-order valence-electron chi connectivity index (χ3n) is 4.52. The number of aromatic nitrogens is 4. The summed E-state index contributed by atoms with van der Waals surface area (Å²) in [6.07, 6.45) is 1.04. The summed E-state index contributed by atoms with van der Waals surface area (Å²) in [6, 6.07) is 0. The first-order valence-electron chi connectivity index (χ1n) is 8.66. The third-order valence-corrected chi connectivity index (χ3v) is 5.83. The van der Waals surface area contributed by atoms with E-state index < -0.39 is 0 Å². The van der Waals surface area contributed by atoms with E-state index in [0.717, 1.165) is 43.7 Å². The van der Waals surface area contributed by atoms with Crippen LogP contribution in [-0.4, -0.2) is 50.5 Å². The second-order valence-electron chi connectivity index (χ2n) is 6.16. The first-order chi connectivity index (χ1) is 11.6. The summed E-state index contributed by atoms with van der Waals surface area (Å²) >= 11 is 1.64. The molecule has 7 nitrogen and oxygen atoms in total. The number of aryl methyl sites for hydroxylation is 1. The van der Waals surface area contributed by atoms with Gasteiger partial charge in [0.15, 0.2) is 16.3 Å². The van der Waals surface area contributed by atoms with Gasteiger partial charge < -0.3 is 14.8 Å². The molecule has 1 atom stereocenters. The monoisotopic (exact) mass is 350 g/mol. The number of anilines is 1. The molecule has 8 heteroatoms. The minimum atomic E-state index is -0.0125. The van der Waals surface area contributed by atoms with Crippen LogP contribution in [0, 0.1) is 0 Å². The fraction of sp³-hybridized carbons (Fsp3) is 0.688. The van der Waals surface area contributed by atoms with Gasteiger partial charge in [-0.1, -0.05) is 25.6 Å². The molecule has 0 amide bonds. The summed E-state index contributed by atoms with van der Waals surface area (Å²) in [4.78, 5) is 24.6. The van der Waals surface area contributed by atoms with E-state index in [4.69, 9.17) is 9.97 Å². The van der Waals surface area contributed by atoms with E-state index in [1.54, 1.807) is 23.4 Å². The summed E-state index contributed by atoms with van der Waals surface area (Å²) in [6.45, 7) is 10.7. The SMILES string of the molecule is CCC(C)Sc1nc2nc(N3CCNCC3)n(CC)c2c(=O)n1C. The highest BCUT2D eigenvalue weighted by Gasteiger charge is 2.22. The van der Waals surface area contributed by atoms with E-state index in [-0.39, 0.29) is 5.56 Å². The van der Waals surface area contributed by atoms with Gasteiger partial charge in [0.25, 0.3) is 5.56 Å². The average Bonchev–Trinajstić information content (AvgIpc) is 2.98. The Labute approximate surface area is 146 Å². The van der Waals surface area contributed by atoms with Crippen molar-refractivity contribution in [2.45, 2.75) is 44.1 Å². The van der Waals surface area contributed by atoms with Crippen molar-refractivity contribution < 1.29 is 0 Å². The minimum Gasteiger partial charge on any atom is -0.340 e. The van der Waals surface area contributed by atoms with Gasteiger partial charge in [-0.3, -0.25) is 9.36 Å². The lowest BCUT2D eigenvalue weighted by Gasteiger charge is -2.28. The zero-order valence-electron chi connectivity index (χ0n) is 14.9. The minimum absolute atomic E-state index is 0.0125. The van der Waals surface area contributed by atoms with Crippen LogP contribution >= 0.6 is 11.8 Å². The third kappa shape index (κ3) is 3.04. The Hall–Kier alpha value is -1.54. The zero-order valence-corrected chi connectivity index (χ0v) is 15.7. The molecule has 0 radical (unpaired) electrons. The maximum atomic E-state index is 12.9. The molecule has 1 unspecified atom stereocenters. The van der Waals surface area contributed by atoms with Crippen molar-refractivity contribution in [1.82, 2.24) is 24.4 Å². The second-order valence-corrected chi connectivity index (χ2v) is 7.57. The average molecular weight is 350 g/mol. The number of rotatable bonds is 5. The maximum absolute atomic E-state index is 12.9. The zero-order chi connectivity index (χ0) is 17.3. The predicted molar refractivity (Wildman–Crippen MR) is 99.1 cm³/mol. The normalized spacial score (nSPS) is 16.8. The molecule has 1 aliphatic rings. The van der Waals surface area contributed by atoms with Crippen molar-refractivity contribution >= 4 is 28.9 Å². The highest BCUT2D eigenvalue weighted by Crippen LogP contribution is 2.25. The van der Waals surface area contributed by atoms with Crippen LogP contribution in [0.15, 0.2) is 9.95 Å². The molecule has 0 aromatic carbocycles. The first-order valence-corrected chi connectivity index (χ1v) is 9.54. The van der Waals surface area contributed by atoms with Gasteiger partial charge in [-0.15, -0.1) is 0 Å².